The van der Waals surface area contributed by atoms with E-state index in [1.54, 1.807) is 0 Å². The van der Waals surface area contributed by atoms with Crippen molar-refractivity contribution in [3.8, 4) is 89.8 Å². The Labute approximate surface area is 354 Å². The summed E-state index contributed by atoms with van der Waals surface area (Å²) >= 11 is 0. The summed E-state index contributed by atoms with van der Waals surface area (Å²) in [6.45, 7) is 0. The predicted molar refractivity (Wildman–Crippen MR) is 251 cm³/mol. The zero-order valence-corrected chi connectivity index (χ0v) is 33.1. The zero-order valence-electron chi connectivity index (χ0n) is 33.1. The van der Waals surface area contributed by atoms with Crippen LogP contribution in [0.3, 0.4) is 0 Å². The van der Waals surface area contributed by atoms with E-state index in [4.69, 9.17) is 19.4 Å². The van der Waals surface area contributed by atoms with E-state index in [-0.39, 0.29) is 0 Å². The molecule has 0 saturated carbocycles. The van der Waals surface area contributed by atoms with Gasteiger partial charge in [0.25, 0.3) is 0 Å². The number of benzene rings is 9. The van der Waals surface area contributed by atoms with Gasteiger partial charge in [0.1, 0.15) is 11.2 Å². The summed E-state index contributed by atoms with van der Waals surface area (Å²) in [5.74, 6) is 1.77. The molecule has 9 aromatic carbocycles. The third-order valence-corrected chi connectivity index (χ3v) is 11.4. The number of nitrogens with zero attached hydrogens (tertiary/aromatic N) is 3. The second-order valence-electron chi connectivity index (χ2n) is 15.2. The molecule has 2 aromatic heterocycles. The predicted octanol–water partition coefficient (Wildman–Crippen LogP) is 15.1. The molecule has 0 radical (unpaired) electrons. The highest BCUT2D eigenvalue weighted by Gasteiger charge is 2.19. The van der Waals surface area contributed by atoms with Crippen molar-refractivity contribution < 1.29 is 4.42 Å². The normalized spacial score (nSPS) is 11.3. The number of fused-ring (bicyclic) bond motifs is 3. The molecule has 0 amide bonds. The first kappa shape index (κ1) is 35.9. The van der Waals surface area contributed by atoms with Crippen molar-refractivity contribution in [2.45, 2.75) is 0 Å². The van der Waals surface area contributed by atoms with Gasteiger partial charge in [0, 0.05) is 27.5 Å². The lowest BCUT2D eigenvalue weighted by Crippen LogP contribution is -2.00. The van der Waals surface area contributed by atoms with Crippen molar-refractivity contribution >= 4 is 21.9 Å². The van der Waals surface area contributed by atoms with Crippen LogP contribution < -0.4 is 0 Å². The molecular formula is C57H37N3O. The molecule has 11 rings (SSSR count). The van der Waals surface area contributed by atoms with Crippen LogP contribution in [-0.4, -0.2) is 15.0 Å². The maximum absolute atomic E-state index is 6.69. The quantitative estimate of drug-likeness (QED) is 0.154. The maximum Gasteiger partial charge on any atom is 0.164 e. The standard InChI is InChI=1S/C57H37N3O/c1-5-15-38(16-6-1)41-27-29-43(30-28-41)55-58-56(46-24-13-23-44(35-46)39-17-7-2-8-18-39)60-57(59-55)47-32-34-50-53(37-47)61-52-26-14-25-49(54(50)52)48-33-31-45(40-19-9-3-10-20-40)36-51(48)42-21-11-4-12-22-42/h1-37H. The molecule has 0 fully saturated rings. The zero-order chi connectivity index (χ0) is 40.5. The van der Waals surface area contributed by atoms with Crippen molar-refractivity contribution in [2.24, 2.45) is 0 Å². The summed E-state index contributed by atoms with van der Waals surface area (Å²) < 4.78 is 6.69. The van der Waals surface area contributed by atoms with E-state index in [0.717, 1.165) is 77.6 Å². The van der Waals surface area contributed by atoms with Crippen LogP contribution in [0.4, 0.5) is 0 Å². The number of hydrogen-bond acceptors (Lipinski definition) is 4. The van der Waals surface area contributed by atoms with Gasteiger partial charge in [0.05, 0.1) is 0 Å². The number of aromatic nitrogens is 3. The van der Waals surface area contributed by atoms with Gasteiger partial charge >= 0.3 is 0 Å². The fourth-order valence-electron chi connectivity index (χ4n) is 8.31. The Morgan fingerprint density at radius 2 is 0.689 bits per heavy atom. The minimum Gasteiger partial charge on any atom is -0.456 e. The van der Waals surface area contributed by atoms with Gasteiger partial charge in [0.2, 0.25) is 0 Å². The molecular weight excluding hydrogens is 743 g/mol. The number of furan rings is 1. The summed E-state index contributed by atoms with van der Waals surface area (Å²) in [7, 11) is 0. The third kappa shape index (κ3) is 6.96. The largest absolute Gasteiger partial charge is 0.456 e. The van der Waals surface area contributed by atoms with Gasteiger partial charge in [-0.25, -0.2) is 15.0 Å². The van der Waals surface area contributed by atoms with E-state index in [1.807, 2.05) is 12.1 Å². The summed E-state index contributed by atoms with van der Waals surface area (Å²) in [5, 5.41) is 2.10. The average Bonchev–Trinajstić information content (AvgIpc) is 3.73. The van der Waals surface area contributed by atoms with Gasteiger partial charge in [-0.3, -0.25) is 0 Å². The molecule has 0 aliphatic heterocycles. The molecule has 0 spiro atoms. The van der Waals surface area contributed by atoms with Crippen LogP contribution in [0.1, 0.15) is 0 Å². The molecule has 0 unspecified atom stereocenters. The van der Waals surface area contributed by atoms with Crippen molar-refractivity contribution in [3.63, 3.8) is 0 Å². The molecule has 0 bridgehead atoms. The van der Waals surface area contributed by atoms with Gasteiger partial charge < -0.3 is 4.42 Å². The van der Waals surface area contributed by atoms with Crippen LogP contribution in [0.15, 0.2) is 229 Å². The Morgan fingerprint density at radius 1 is 0.246 bits per heavy atom. The van der Waals surface area contributed by atoms with Crippen LogP contribution in [0.2, 0.25) is 0 Å². The van der Waals surface area contributed by atoms with E-state index >= 15 is 0 Å². The summed E-state index contributed by atoms with van der Waals surface area (Å²) in [6.07, 6.45) is 0. The molecule has 61 heavy (non-hydrogen) atoms. The van der Waals surface area contributed by atoms with Gasteiger partial charge in [-0.05, 0) is 86.0 Å². The van der Waals surface area contributed by atoms with Crippen molar-refractivity contribution in [3.05, 3.63) is 224 Å². The van der Waals surface area contributed by atoms with E-state index in [9.17, 15) is 0 Å². The second kappa shape index (κ2) is 15.5. The van der Waals surface area contributed by atoms with Gasteiger partial charge in [-0.15, -0.1) is 0 Å². The van der Waals surface area contributed by atoms with E-state index in [2.05, 4.69) is 212 Å². The molecule has 11 aromatic rings. The van der Waals surface area contributed by atoms with Crippen LogP contribution >= 0.6 is 0 Å². The minimum atomic E-state index is 0.572. The number of hydrogen-bond donors (Lipinski definition) is 0. The second-order valence-corrected chi connectivity index (χ2v) is 15.2. The molecule has 0 aliphatic rings. The average molecular weight is 780 g/mol. The van der Waals surface area contributed by atoms with E-state index in [0.29, 0.717) is 17.5 Å². The third-order valence-electron chi connectivity index (χ3n) is 11.4. The molecule has 4 nitrogen and oxygen atoms in total. The first-order valence-corrected chi connectivity index (χ1v) is 20.5. The summed E-state index contributed by atoms with van der Waals surface area (Å²) in [5.41, 5.74) is 15.7. The molecule has 0 N–H and O–H groups in total. The fraction of sp³-hybridized carbons (Fsp3) is 0. The lowest BCUT2D eigenvalue weighted by atomic mass is 9.89. The SMILES string of the molecule is c1ccc(-c2ccc(-c3nc(-c4cccc(-c5ccccc5)c4)nc(-c4ccc5c(c4)oc4cccc(-c6ccc(-c7ccccc7)cc6-c6ccccc6)c45)n3)cc2)cc1. The van der Waals surface area contributed by atoms with Crippen LogP contribution in [-0.2, 0) is 0 Å². The Bertz CT molecular complexity index is 3320. The topological polar surface area (TPSA) is 51.8 Å². The highest BCUT2D eigenvalue weighted by molar-refractivity contribution is 6.14. The lowest BCUT2D eigenvalue weighted by molar-refractivity contribution is 0.669. The van der Waals surface area contributed by atoms with E-state index in [1.165, 1.54) is 16.7 Å². The Balaban J connectivity index is 1.04. The first-order chi connectivity index (χ1) is 30.2. The van der Waals surface area contributed by atoms with Gasteiger partial charge in [-0.2, -0.15) is 0 Å². The Kier molecular flexibility index (Phi) is 9.14. The van der Waals surface area contributed by atoms with Crippen molar-refractivity contribution in [1.29, 1.82) is 0 Å². The highest BCUT2D eigenvalue weighted by atomic mass is 16.3. The maximum atomic E-state index is 6.69. The summed E-state index contributed by atoms with van der Waals surface area (Å²) in [6, 6.07) is 78.2. The molecule has 2 heterocycles. The first-order valence-electron chi connectivity index (χ1n) is 20.5. The fourth-order valence-corrected chi connectivity index (χ4v) is 8.31. The minimum absolute atomic E-state index is 0.572. The highest BCUT2D eigenvalue weighted by Crippen LogP contribution is 2.43. The molecule has 0 saturated heterocycles. The number of rotatable bonds is 8. The van der Waals surface area contributed by atoms with Crippen molar-refractivity contribution in [2.75, 3.05) is 0 Å². The van der Waals surface area contributed by atoms with Gasteiger partial charge in [0.15, 0.2) is 17.5 Å². The lowest BCUT2D eigenvalue weighted by Gasteiger charge is -2.14. The van der Waals surface area contributed by atoms with Crippen molar-refractivity contribution in [1.82, 2.24) is 15.0 Å². The monoisotopic (exact) mass is 779 g/mol. The molecule has 0 aliphatic carbocycles. The van der Waals surface area contributed by atoms with Crippen LogP contribution in [0, 0.1) is 0 Å². The Hall–Kier alpha value is -8.21. The van der Waals surface area contributed by atoms with E-state index < -0.39 is 0 Å². The molecule has 286 valence electrons. The smallest absolute Gasteiger partial charge is 0.164 e. The molecule has 4 heteroatoms. The van der Waals surface area contributed by atoms with Gasteiger partial charge in [-0.1, -0.05) is 194 Å². The summed E-state index contributed by atoms with van der Waals surface area (Å²) in [4.78, 5) is 15.4. The van der Waals surface area contributed by atoms with Crippen LogP contribution in [0.25, 0.3) is 112 Å². The molecule has 0 atom stereocenters. The Morgan fingerprint density at radius 3 is 1.33 bits per heavy atom. The van der Waals surface area contributed by atoms with Crippen LogP contribution in [0.5, 0.6) is 0 Å².